The Bertz CT molecular complexity index is 813. The molecule has 0 radical (unpaired) electrons. The number of aliphatic hydroxyl groups excluding tert-OH is 1. The van der Waals surface area contributed by atoms with E-state index >= 15 is 0 Å². The van der Waals surface area contributed by atoms with Gasteiger partial charge in [0.2, 0.25) is 0 Å². The molecule has 1 aliphatic carbocycles. The maximum absolute atomic E-state index is 12.0. The van der Waals surface area contributed by atoms with E-state index in [1.54, 1.807) is 6.07 Å². The molecular weight excluding hydrogens is 318 g/mol. The molecule has 0 bridgehead atoms. The maximum Gasteiger partial charge on any atom is 0.336 e. The lowest BCUT2D eigenvalue weighted by Crippen LogP contribution is -2.39. The van der Waals surface area contributed by atoms with Gasteiger partial charge in [-0.05, 0) is 67.5 Å². The number of nitrogens with zero attached hydrogens (tertiary/aromatic N) is 1. The van der Waals surface area contributed by atoms with Gasteiger partial charge in [0.15, 0.2) is 0 Å². The molecule has 1 aliphatic heterocycles. The molecule has 1 saturated heterocycles. The third-order valence-electron chi connectivity index (χ3n) is 5.34. The first kappa shape index (κ1) is 16.8. The van der Waals surface area contributed by atoms with Gasteiger partial charge < -0.3 is 14.3 Å². The second kappa shape index (κ2) is 7.28. The zero-order valence-electron chi connectivity index (χ0n) is 14.5. The van der Waals surface area contributed by atoms with Gasteiger partial charge in [-0.3, -0.25) is 4.90 Å². The van der Waals surface area contributed by atoms with Crippen LogP contribution in [0.2, 0.25) is 0 Å². The molecule has 1 fully saturated rings. The van der Waals surface area contributed by atoms with Crippen LogP contribution in [0.5, 0.6) is 0 Å². The minimum absolute atomic E-state index is 0.0615. The molecule has 0 unspecified atom stereocenters. The van der Waals surface area contributed by atoms with Crippen LogP contribution < -0.4 is 5.63 Å². The molecule has 0 amide bonds. The highest BCUT2D eigenvalue weighted by molar-refractivity contribution is 5.82. The molecule has 1 N–H and O–H groups in total. The van der Waals surface area contributed by atoms with Crippen LogP contribution in [-0.2, 0) is 24.1 Å². The van der Waals surface area contributed by atoms with Crippen molar-refractivity contribution in [1.29, 1.82) is 0 Å². The van der Waals surface area contributed by atoms with Crippen LogP contribution in [0.25, 0.3) is 11.0 Å². The van der Waals surface area contributed by atoms with E-state index in [0.717, 1.165) is 56.3 Å². The first-order chi connectivity index (χ1) is 12.2. The summed E-state index contributed by atoms with van der Waals surface area (Å²) in [7, 11) is 0. The number of aryl methyl sites for hydroxylation is 2. The number of benzene rings is 1. The Hall–Kier alpha value is -1.69. The quantitative estimate of drug-likeness (QED) is 0.844. The highest BCUT2D eigenvalue weighted by Gasteiger charge is 2.22. The van der Waals surface area contributed by atoms with Crippen LogP contribution in [0.4, 0.5) is 0 Å². The molecular formula is C20H25NO4. The van der Waals surface area contributed by atoms with Crippen LogP contribution in [0, 0.1) is 0 Å². The molecule has 0 saturated carbocycles. The fourth-order valence-electron chi connectivity index (χ4n) is 4.18. The van der Waals surface area contributed by atoms with Gasteiger partial charge >= 0.3 is 5.63 Å². The number of ether oxygens (including phenoxy) is 1. The fraction of sp³-hybridized carbons (Fsp3) is 0.550. The summed E-state index contributed by atoms with van der Waals surface area (Å²) in [5.74, 6) is 0. The molecule has 5 nitrogen and oxygen atoms in total. The SMILES string of the molecule is O=c1cc(CN2CCC[C@@H](OCCO)C2)c2cc3c(cc2o1)CCC3. The van der Waals surface area contributed by atoms with Gasteiger partial charge in [-0.2, -0.15) is 0 Å². The molecule has 25 heavy (non-hydrogen) atoms. The normalized spacial score (nSPS) is 20.9. The summed E-state index contributed by atoms with van der Waals surface area (Å²) in [6.45, 7) is 3.03. The summed E-state index contributed by atoms with van der Waals surface area (Å²) >= 11 is 0. The summed E-state index contributed by atoms with van der Waals surface area (Å²) in [5, 5.41) is 10.0. The van der Waals surface area contributed by atoms with Crippen LogP contribution in [0.15, 0.2) is 27.4 Å². The van der Waals surface area contributed by atoms with E-state index in [4.69, 9.17) is 14.3 Å². The predicted molar refractivity (Wildman–Crippen MR) is 95.8 cm³/mol. The van der Waals surface area contributed by atoms with Crippen molar-refractivity contribution in [3.63, 3.8) is 0 Å². The molecule has 1 atom stereocenters. The lowest BCUT2D eigenvalue weighted by Gasteiger charge is -2.32. The number of hydrogen-bond donors (Lipinski definition) is 1. The van der Waals surface area contributed by atoms with Gasteiger partial charge in [-0.1, -0.05) is 0 Å². The summed E-state index contributed by atoms with van der Waals surface area (Å²) in [6, 6.07) is 5.92. The third-order valence-corrected chi connectivity index (χ3v) is 5.34. The van der Waals surface area contributed by atoms with Crippen molar-refractivity contribution in [1.82, 2.24) is 4.90 Å². The van der Waals surface area contributed by atoms with E-state index in [0.29, 0.717) is 12.2 Å². The molecule has 4 rings (SSSR count). The minimum atomic E-state index is -0.273. The van der Waals surface area contributed by atoms with Crippen LogP contribution in [0.3, 0.4) is 0 Å². The van der Waals surface area contributed by atoms with Crippen molar-refractivity contribution < 1.29 is 14.3 Å². The zero-order chi connectivity index (χ0) is 17.2. The molecule has 2 aliphatic rings. The Labute approximate surface area is 147 Å². The van der Waals surface area contributed by atoms with E-state index in [1.807, 2.05) is 0 Å². The average molecular weight is 343 g/mol. The van der Waals surface area contributed by atoms with Crippen LogP contribution in [-0.4, -0.2) is 42.4 Å². The first-order valence-electron chi connectivity index (χ1n) is 9.26. The van der Waals surface area contributed by atoms with Crippen molar-refractivity contribution >= 4 is 11.0 Å². The summed E-state index contributed by atoms with van der Waals surface area (Å²) in [4.78, 5) is 14.4. The highest BCUT2D eigenvalue weighted by Crippen LogP contribution is 2.29. The summed E-state index contributed by atoms with van der Waals surface area (Å²) in [6.07, 6.45) is 5.64. The standard InChI is InChI=1S/C20H25NO4/c22-7-8-24-17-5-2-6-21(13-17)12-16-11-20(23)25-19-10-15-4-1-3-14(15)9-18(16)19/h9-11,17,22H,1-8,12-13H2/t17-/m1/s1. The average Bonchev–Trinajstić information content (AvgIpc) is 3.06. The number of likely N-dealkylation sites (tertiary alicyclic amines) is 1. The van der Waals surface area contributed by atoms with Crippen LogP contribution >= 0.6 is 0 Å². The lowest BCUT2D eigenvalue weighted by molar-refractivity contribution is -0.0162. The zero-order valence-corrected chi connectivity index (χ0v) is 14.5. The van der Waals surface area contributed by atoms with Gasteiger partial charge in [0.05, 0.1) is 19.3 Å². The van der Waals surface area contributed by atoms with E-state index in [-0.39, 0.29) is 18.3 Å². The molecule has 1 aromatic heterocycles. The van der Waals surface area contributed by atoms with E-state index in [1.165, 1.54) is 17.5 Å². The second-order valence-electron chi connectivity index (χ2n) is 7.16. The van der Waals surface area contributed by atoms with Gasteiger partial charge in [0, 0.05) is 24.5 Å². The molecule has 2 heterocycles. The molecule has 134 valence electrons. The van der Waals surface area contributed by atoms with Crippen molar-refractivity contribution in [3.8, 4) is 0 Å². The van der Waals surface area contributed by atoms with Gasteiger partial charge in [-0.25, -0.2) is 4.79 Å². The molecule has 5 heteroatoms. The van der Waals surface area contributed by atoms with Gasteiger partial charge in [0.25, 0.3) is 0 Å². The van der Waals surface area contributed by atoms with E-state index < -0.39 is 0 Å². The lowest BCUT2D eigenvalue weighted by atomic mass is 10.0. The van der Waals surface area contributed by atoms with Crippen molar-refractivity contribution in [3.05, 3.63) is 45.3 Å². The number of aliphatic hydroxyl groups is 1. The molecule has 2 aromatic rings. The Morgan fingerprint density at radius 1 is 1.20 bits per heavy atom. The number of hydrogen-bond acceptors (Lipinski definition) is 5. The number of rotatable bonds is 5. The van der Waals surface area contributed by atoms with Crippen LogP contribution in [0.1, 0.15) is 36.0 Å². The Morgan fingerprint density at radius 3 is 2.88 bits per heavy atom. The number of piperidine rings is 1. The van der Waals surface area contributed by atoms with E-state index in [9.17, 15) is 4.79 Å². The molecule has 0 spiro atoms. The first-order valence-corrected chi connectivity index (χ1v) is 9.26. The predicted octanol–water partition coefficient (Wildman–Crippen LogP) is 2.25. The summed E-state index contributed by atoms with van der Waals surface area (Å²) < 4.78 is 11.2. The van der Waals surface area contributed by atoms with Crippen molar-refractivity contribution in [2.45, 2.75) is 44.8 Å². The monoisotopic (exact) mass is 343 g/mol. The fourth-order valence-corrected chi connectivity index (χ4v) is 4.18. The van der Waals surface area contributed by atoms with Gasteiger partial charge in [-0.15, -0.1) is 0 Å². The second-order valence-corrected chi connectivity index (χ2v) is 7.16. The van der Waals surface area contributed by atoms with Gasteiger partial charge in [0.1, 0.15) is 5.58 Å². The minimum Gasteiger partial charge on any atom is -0.423 e. The maximum atomic E-state index is 12.0. The Balaban J connectivity index is 1.59. The summed E-state index contributed by atoms with van der Waals surface area (Å²) in [5.41, 5.74) is 4.20. The number of fused-ring (bicyclic) bond motifs is 2. The molecule has 1 aromatic carbocycles. The van der Waals surface area contributed by atoms with Crippen molar-refractivity contribution in [2.75, 3.05) is 26.3 Å². The highest BCUT2D eigenvalue weighted by atomic mass is 16.5. The Kier molecular flexibility index (Phi) is 4.88. The smallest absolute Gasteiger partial charge is 0.336 e. The third kappa shape index (κ3) is 3.64. The van der Waals surface area contributed by atoms with Crippen molar-refractivity contribution in [2.24, 2.45) is 0 Å². The largest absolute Gasteiger partial charge is 0.423 e. The topological polar surface area (TPSA) is 62.9 Å². The van der Waals surface area contributed by atoms with E-state index in [2.05, 4.69) is 17.0 Å². The Morgan fingerprint density at radius 2 is 2.04 bits per heavy atom.